The van der Waals surface area contributed by atoms with Crippen LogP contribution in [0, 0.1) is 6.92 Å². The van der Waals surface area contributed by atoms with Crippen molar-refractivity contribution in [1.82, 2.24) is 0 Å². The summed E-state index contributed by atoms with van der Waals surface area (Å²) in [5.74, 6) is -3.22. The number of amidine groups is 1. The Balaban J connectivity index is 1.78. The van der Waals surface area contributed by atoms with E-state index in [1.54, 1.807) is 18.2 Å². The molecule has 14 heteroatoms. The summed E-state index contributed by atoms with van der Waals surface area (Å²) in [5.41, 5.74) is 0.523. The number of amides is 1. The van der Waals surface area contributed by atoms with Crippen LogP contribution >= 0.6 is 23.1 Å². The molecule has 0 bridgehead atoms. The molecule has 1 fully saturated rings. The molecule has 2 aromatic rings. The summed E-state index contributed by atoms with van der Waals surface area (Å²) >= 11 is 2.38. The predicted octanol–water partition coefficient (Wildman–Crippen LogP) is 3.62. The van der Waals surface area contributed by atoms with Gasteiger partial charge in [0.15, 0.2) is 28.9 Å². The summed E-state index contributed by atoms with van der Waals surface area (Å²) in [7, 11) is 0. The van der Waals surface area contributed by atoms with E-state index in [-0.39, 0.29) is 17.5 Å². The zero-order valence-corrected chi connectivity index (χ0v) is 25.6. The lowest BCUT2D eigenvalue weighted by Gasteiger charge is -2.44. The van der Waals surface area contributed by atoms with E-state index in [1.165, 1.54) is 23.2 Å². The summed E-state index contributed by atoms with van der Waals surface area (Å²) in [6, 6.07) is 10.9. The third-order valence-corrected chi connectivity index (χ3v) is 8.03. The van der Waals surface area contributed by atoms with Gasteiger partial charge in [-0.2, -0.15) is 0 Å². The standard InChI is InChI=1S/C29H30N2O10S2/c1-15-8-10-20(11-9-15)31-27(36)22(13-21-7-6-12-42-21)30-29(31)43-28-26(40-19(5)35)25(39-18(4)34)24(38-17(3)33)23(41-28)14-37-16(2)32/h6-13,23-26,28H,14H2,1-5H3/b22-13-/t23-,24-,25+,26-,28+/m1/s1. The number of anilines is 1. The molecule has 0 N–H and O–H groups in total. The Morgan fingerprint density at radius 3 is 2.14 bits per heavy atom. The van der Waals surface area contributed by atoms with Crippen LogP contribution in [0.25, 0.3) is 6.08 Å². The molecular weight excluding hydrogens is 600 g/mol. The summed E-state index contributed by atoms with van der Waals surface area (Å²) in [6.45, 7) is 6.20. The smallest absolute Gasteiger partial charge is 0.303 e. The topological polar surface area (TPSA) is 147 Å². The van der Waals surface area contributed by atoms with Gasteiger partial charge in [0, 0.05) is 32.6 Å². The van der Waals surface area contributed by atoms with E-state index >= 15 is 0 Å². The molecule has 0 radical (unpaired) electrons. The van der Waals surface area contributed by atoms with E-state index in [4.69, 9.17) is 23.7 Å². The lowest BCUT2D eigenvalue weighted by Crippen LogP contribution is -2.61. The molecule has 1 aromatic heterocycles. The van der Waals surface area contributed by atoms with Gasteiger partial charge >= 0.3 is 23.9 Å². The first kappa shape index (κ1) is 31.9. The zero-order valence-electron chi connectivity index (χ0n) is 24.0. The minimum atomic E-state index is -1.34. The van der Waals surface area contributed by atoms with Crippen LogP contribution in [0.2, 0.25) is 0 Å². The molecule has 228 valence electrons. The van der Waals surface area contributed by atoms with Gasteiger partial charge in [0.25, 0.3) is 5.91 Å². The minimum Gasteiger partial charge on any atom is -0.463 e. The van der Waals surface area contributed by atoms with Crippen molar-refractivity contribution in [3.8, 4) is 0 Å². The molecule has 1 amide bonds. The molecule has 0 saturated carbocycles. The lowest BCUT2D eigenvalue weighted by atomic mass is 9.99. The Morgan fingerprint density at radius 2 is 1.56 bits per heavy atom. The van der Waals surface area contributed by atoms with Gasteiger partial charge in [-0.15, -0.1) is 11.3 Å². The molecule has 3 heterocycles. The zero-order chi connectivity index (χ0) is 31.3. The van der Waals surface area contributed by atoms with Crippen LogP contribution in [-0.2, 0) is 47.7 Å². The minimum absolute atomic E-state index is 0.163. The normalized spacial score (nSPS) is 24.3. The molecule has 43 heavy (non-hydrogen) atoms. The Hall–Kier alpha value is -4.01. The number of hydrogen-bond donors (Lipinski definition) is 0. The quantitative estimate of drug-likeness (QED) is 0.239. The highest BCUT2D eigenvalue weighted by atomic mass is 32.2. The summed E-state index contributed by atoms with van der Waals surface area (Å²) in [5, 5.41) is 2.07. The molecule has 0 aliphatic carbocycles. The van der Waals surface area contributed by atoms with Crippen molar-refractivity contribution in [3.63, 3.8) is 0 Å². The third-order valence-electron chi connectivity index (χ3n) is 6.11. The Labute approximate surface area is 256 Å². The van der Waals surface area contributed by atoms with Crippen LogP contribution in [0.3, 0.4) is 0 Å². The number of hydrogen-bond acceptors (Lipinski definition) is 13. The van der Waals surface area contributed by atoms with Crippen LogP contribution in [0.1, 0.15) is 38.1 Å². The molecule has 5 atom stereocenters. The number of carbonyl (C=O) groups is 5. The molecule has 2 aliphatic rings. The van der Waals surface area contributed by atoms with Crippen molar-refractivity contribution in [2.45, 2.75) is 64.5 Å². The van der Waals surface area contributed by atoms with Crippen molar-refractivity contribution >= 4 is 69.8 Å². The fraction of sp³-hybridized carbons (Fsp3) is 0.379. The number of rotatable bonds is 8. The van der Waals surface area contributed by atoms with Crippen LogP contribution in [-0.4, -0.2) is 71.4 Å². The van der Waals surface area contributed by atoms with E-state index < -0.39 is 59.6 Å². The van der Waals surface area contributed by atoms with Crippen molar-refractivity contribution < 1.29 is 47.7 Å². The first-order valence-electron chi connectivity index (χ1n) is 13.1. The second-order valence-corrected chi connectivity index (χ2v) is 11.6. The van der Waals surface area contributed by atoms with Gasteiger partial charge in [-0.25, -0.2) is 4.99 Å². The highest BCUT2D eigenvalue weighted by Crippen LogP contribution is 2.39. The second kappa shape index (κ2) is 14.0. The SMILES string of the molecule is CC(=O)OC[C@H]1O[C@@H](SC2=N/C(=C\c3cccs3)C(=O)N2c2ccc(C)cc2)[C@H](OC(C)=O)[C@@H](OC(C)=O)[C@@H]1OC(C)=O. The number of nitrogens with zero attached hydrogens (tertiary/aromatic N) is 2. The van der Waals surface area contributed by atoms with Gasteiger partial charge in [0.1, 0.15) is 18.4 Å². The van der Waals surface area contributed by atoms with Crippen LogP contribution in [0.4, 0.5) is 5.69 Å². The maximum atomic E-state index is 13.7. The van der Waals surface area contributed by atoms with Crippen molar-refractivity contribution in [3.05, 3.63) is 57.9 Å². The average molecular weight is 631 g/mol. The maximum Gasteiger partial charge on any atom is 0.303 e. The van der Waals surface area contributed by atoms with E-state index in [0.29, 0.717) is 5.69 Å². The molecule has 2 aliphatic heterocycles. The highest BCUT2D eigenvalue weighted by molar-refractivity contribution is 8.14. The first-order chi connectivity index (χ1) is 20.4. The van der Waals surface area contributed by atoms with Crippen LogP contribution < -0.4 is 4.90 Å². The molecular formula is C29H30N2O10S2. The summed E-state index contributed by atoms with van der Waals surface area (Å²) in [4.78, 5) is 68.6. The number of aliphatic imine (C=N–C) groups is 1. The number of esters is 4. The molecule has 1 aromatic carbocycles. The van der Waals surface area contributed by atoms with Crippen molar-refractivity contribution in [2.24, 2.45) is 4.99 Å². The van der Waals surface area contributed by atoms with Crippen LogP contribution in [0.15, 0.2) is 52.5 Å². The van der Waals surface area contributed by atoms with Gasteiger partial charge in [0.2, 0.25) is 0 Å². The number of thioether (sulfide) groups is 1. The van der Waals surface area contributed by atoms with E-state index in [1.807, 2.05) is 36.6 Å². The number of benzene rings is 1. The third kappa shape index (κ3) is 8.09. The van der Waals surface area contributed by atoms with E-state index in [9.17, 15) is 24.0 Å². The van der Waals surface area contributed by atoms with Gasteiger partial charge in [-0.05, 0) is 36.6 Å². The second-order valence-electron chi connectivity index (χ2n) is 9.60. The monoisotopic (exact) mass is 630 g/mol. The average Bonchev–Trinajstić information content (AvgIpc) is 3.54. The van der Waals surface area contributed by atoms with Crippen molar-refractivity contribution in [1.29, 1.82) is 0 Å². The summed E-state index contributed by atoms with van der Waals surface area (Å²) < 4.78 is 27.9. The van der Waals surface area contributed by atoms with Gasteiger partial charge in [0.05, 0.1) is 5.69 Å². The number of thiophene rings is 1. The van der Waals surface area contributed by atoms with Gasteiger partial charge in [-0.1, -0.05) is 35.5 Å². The van der Waals surface area contributed by atoms with Crippen LogP contribution in [0.5, 0.6) is 0 Å². The van der Waals surface area contributed by atoms with Gasteiger partial charge in [-0.3, -0.25) is 28.9 Å². The number of ether oxygens (including phenoxy) is 5. The Morgan fingerprint density at radius 1 is 0.930 bits per heavy atom. The molecule has 0 spiro atoms. The van der Waals surface area contributed by atoms with Crippen molar-refractivity contribution in [2.75, 3.05) is 11.5 Å². The number of aryl methyl sites for hydroxylation is 1. The fourth-order valence-corrected chi connectivity index (χ4v) is 6.24. The molecule has 0 unspecified atom stereocenters. The van der Waals surface area contributed by atoms with E-state index in [2.05, 4.69) is 4.99 Å². The molecule has 12 nitrogen and oxygen atoms in total. The van der Waals surface area contributed by atoms with Gasteiger partial charge < -0.3 is 23.7 Å². The van der Waals surface area contributed by atoms with E-state index in [0.717, 1.165) is 43.0 Å². The lowest BCUT2D eigenvalue weighted by molar-refractivity contribution is -0.237. The predicted molar refractivity (Wildman–Crippen MR) is 158 cm³/mol. The Bertz CT molecular complexity index is 1440. The highest BCUT2D eigenvalue weighted by Gasteiger charge is 2.53. The number of carbonyl (C=O) groups excluding carboxylic acids is 5. The Kier molecular flexibility index (Phi) is 10.4. The molecule has 4 rings (SSSR count). The first-order valence-corrected chi connectivity index (χ1v) is 14.9. The summed E-state index contributed by atoms with van der Waals surface area (Å²) in [6.07, 6.45) is -3.42. The largest absolute Gasteiger partial charge is 0.463 e. The fourth-order valence-electron chi connectivity index (χ4n) is 4.39. The molecule has 1 saturated heterocycles. The maximum absolute atomic E-state index is 13.7.